The van der Waals surface area contributed by atoms with Crippen LogP contribution in [0.3, 0.4) is 0 Å². The summed E-state index contributed by atoms with van der Waals surface area (Å²) in [5, 5.41) is 8.35. The summed E-state index contributed by atoms with van der Waals surface area (Å²) in [7, 11) is -3.24. The molecular formula is C25H26ClN5O2S. The first-order valence-corrected chi connectivity index (χ1v) is 12.8. The summed E-state index contributed by atoms with van der Waals surface area (Å²) in [6.45, 7) is 3.86. The molecule has 176 valence electrons. The minimum atomic E-state index is -3.24. The number of nitrogens with zero attached hydrogens (tertiary/aromatic N) is 4. The van der Waals surface area contributed by atoms with E-state index in [1.165, 1.54) is 6.26 Å². The molecule has 0 radical (unpaired) electrons. The summed E-state index contributed by atoms with van der Waals surface area (Å²) < 4.78 is 25.6. The maximum absolute atomic E-state index is 11.8. The fraction of sp³-hybridized carbons (Fsp3) is 0.240. The zero-order chi connectivity index (χ0) is 23.0. The van der Waals surface area contributed by atoms with Crippen LogP contribution in [0.1, 0.15) is 18.2 Å². The van der Waals surface area contributed by atoms with Crippen molar-refractivity contribution in [1.29, 1.82) is 0 Å². The van der Waals surface area contributed by atoms with E-state index < -0.39 is 9.84 Å². The van der Waals surface area contributed by atoms with Gasteiger partial charge in [0.25, 0.3) is 0 Å². The van der Waals surface area contributed by atoms with Crippen LogP contribution in [0.2, 0.25) is 0 Å². The van der Waals surface area contributed by atoms with Crippen LogP contribution in [-0.2, 0) is 9.84 Å². The van der Waals surface area contributed by atoms with Crippen molar-refractivity contribution in [3.8, 4) is 33.8 Å². The van der Waals surface area contributed by atoms with E-state index in [1.807, 2.05) is 37.3 Å². The molecule has 0 aliphatic carbocycles. The highest BCUT2D eigenvalue weighted by molar-refractivity contribution is 7.90. The zero-order valence-corrected chi connectivity index (χ0v) is 20.6. The third-order valence-electron chi connectivity index (χ3n) is 5.92. The van der Waals surface area contributed by atoms with Gasteiger partial charge in [-0.25, -0.2) is 8.42 Å². The van der Waals surface area contributed by atoms with Crippen LogP contribution in [0.15, 0.2) is 71.9 Å². The zero-order valence-electron chi connectivity index (χ0n) is 19.0. The number of aryl methyl sites for hydroxylation is 1. The predicted octanol–water partition coefficient (Wildman–Crippen LogP) is 4.34. The van der Waals surface area contributed by atoms with Crippen molar-refractivity contribution in [2.24, 2.45) is 0 Å². The molecule has 34 heavy (non-hydrogen) atoms. The molecule has 4 aromatic rings. The Morgan fingerprint density at radius 2 is 1.82 bits per heavy atom. The van der Waals surface area contributed by atoms with Crippen LogP contribution in [0.25, 0.3) is 33.8 Å². The van der Waals surface area contributed by atoms with Gasteiger partial charge in [-0.05, 0) is 61.9 Å². The molecular weight excluding hydrogens is 470 g/mol. The van der Waals surface area contributed by atoms with Crippen molar-refractivity contribution in [2.45, 2.75) is 24.3 Å². The standard InChI is InChI=1S/C25H25N5O2S.ClH/c1-17-4-3-5-23(28-17)25-22(16-30(29-25)20-11-12-26-15-20)19-10-13-27-24(14-19)18-6-8-21(9-7-18)33(2,31)32;/h3-10,13-14,16,20,26H,11-12,15H2,1-2H3;1H. The predicted molar refractivity (Wildman–Crippen MR) is 136 cm³/mol. The lowest BCUT2D eigenvalue weighted by atomic mass is 10.0. The second-order valence-corrected chi connectivity index (χ2v) is 10.4. The van der Waals surface area contributed by atoms with E-state index in [2.05, 4.69) is 21.2 Å². The Bertz CT molecular complexity index is 1410. The van der Waals surface area contributed by atoms with Gasteiger partial charge in [0.1, 0.15) is 5.69 Å². The van der Waals surface area contributed by atoms with E-state index in [1.54, 1.807) is 30.5 Å². The van der Waals surface area contributed by atoms with Gasteiger partial charge in [-0.15, -0.1) is 12.4 Å². The maximum atomic E-state index is 11.8. The number of halogens is 1. The Kier molecular flexibility index (Phi) is 6.84. The molecule has 7 nitrogen and oxygen atoms in total. The molecule has 1 atom stereocenters. The number of nitrogens with one attached hydrogen (secondary N) is 1. The van der Waals surface area contributed by atoms with Gasteiger partial charge in [0.2, 0.25) is 0 Å². The van der Waals surface area contributed by atoms with Crippen LogP contribution in [0.4, 0.5) is 0 Å². The van der Waals surface area contributed by atoms with Gasteiger partial charge in [-0.3, -0.25) is 14.6 Å². The summed E-state index contributed by atoms with van der Waals surface area (Å²) in [5.74, 6) is 0. The van der Waals surface area contributed by atoms with E-state index in [0.29, 0.717) is 10.9 Å². The minimum Gasteiger partial charge on any atom is -0.315 e. The lowest BCUT2D eigenvalue weighted by molar-refractivity contribution is 0.492. The van der Waals surface area contributed by atoms with Gasteiger partial charge >= 0.3 is 0 Å². The number of rotatable bonds is 5. The molecule has 1 saturated heterocycles. The number of hydrogen-bond acceptors (Lipinski definition) is 6. The molecule has 0 spiro atoms. The topological polar surface area (TPSA) is 89.8 Å². The lowest BCUT2D eigenvalue weighted by Gasteiger charge is -2.08. The average molecular weight is 496 g/mol. The Morgan fingerprint density at radius 1 is 1.03 bits per heavy atom. The molecule has 9 heteroatoms. The van der Waals surface area contributed by atoms with Gasteiger partial charge in [0.05, 0.1) is 22.3 Å². The molecule has 1 aromatic carbocycles. The highest BCUT2D eigenvalue weighted by Crippen LogP contribution is 2.33. The number of benzene rings is 1. The molecule has 0 saturated carbocycles. The van der Waals surface area contributed by atoms with E-state index in [0.717, 1.165) is 59.0 Å². The second kappa shape index (κ2) is 9.66. The molecule has 1 N–H and O–H groups in total. The SMILES string of the molecule is Cc1cccc(-c2nn(C3CCNC3)cc2-c2ccnc(-c3ccc(S(C)(=O)=O)cc3)c2)n1.Cl. The largest absolute Gasteiger partial charge is 0.315 e. The number of aromatic nitrogens is 4. The Balaban J connectivity index is 0.00000274. The minimum absolute atomic E-state index is 0. The highest BCUT2D eigenvalue weighted by Gasteiger charge is 2.22. The second-order valence-electron chi connectivity index (χ2n) is 8.41. The van der Waals surface area contributed by atoms with E-state index in [9.17, 15) is 8.42 Å². The summed E-state index contributed by atoms with van der Waals surface area (Å²) >= 11 is 0. The Hall–Kier alpha value is -3.07. The van der Waals surface area contributed by atoms with Crippen LogP contribution in [-0.4, -0.2) is 47.5 Å². The molecule has 1 fully saturated rings. The van der Waals surface area contributed by atoms with Gasteiger partial charge in [-0.1, -0.05) is 18.2 Å². The van der Waals surface area contributed by atoms with Crippen LogP contribution >= 0.6 is 12.4 Å². The molecule has 3 aromatic heterocycles. The highest BCUT2D eigenvalue weighted by atomic mass is 35.5. The summed E-state index contributed by atoms with van der Waals surface area (Å²) in [4.78, 5) is 9.54. The lowest BCUT2D eigenvalue weighted by Crippen LogP contribution is -2.13. The smallest absolute Gasteiger partial charge is 0.175 e. The number of pyridine rings is 2. The van der Waals surface area contributed by atoms with Crippen LogP contribution in [0.5, 0.6) is 0 Å². The van der Waals surface area contributed by atoms with Crippen molar-refractivity contribution in [1.82, 2.24) is 25.1 Å². The fourth-order valence-electron chi connectivity index (χ4n) is 4.15. The number of hydrogen-bond donors (Lipinski definition) is 1. The average Bonchev–Trinajstić information content (AvgIpc) is 3.49. The first kappa shape index (κ1) is 24.1. The van der Waals surface area contributed by atoms with E-state index in [-0.39, 0.29) is 12.4 Å². The summed E-state index contributed by atoms with van der Waals surface area (Å²) in [6, 6.07) is 17.1. The Morgan fingerprint density at radius 3 is 2.50 bits per heavy atom. The molecule has 0 bridgehead atoms. The third kappa shape index (κ3) is 4.89. The van der Waals surface area contributed by atoms with Gasteiger partial charge < -0.3 is 5.32 Å². The molecule has 1 unspecified atom stereocenters. The molecule has 4 heterocycles. The van der Waals surface area contributed by atoms with E-state index >= 15 is 0 Å². The maximum Gasteiger partial charge on any atom is 0.175 e. The summed E-state index contributed by atoms with van der Waals surface area (Å²) in [5.41, 5.74) is 6.23. The molecule has 5 rings (SSSR count). The summed E-state index contributed by atoms with van der Waals surface area (Å²) in [6.07, 6.45) is 6.12. The van der Waals surface area contributed by atoms with Crippen molar-refractivity contribution >= 4 is 22.2 Å². The van der Waals surface area contributed by atoms with Crippen LogP contribution in [0, 0.1) is 6.92 Å². The van der Waals surface area contributed by atoms with Crippen molar-refractivity contribution in [3.63, 3.8) is 0 Å². The van der Waals surface area contributed by atoms with Crippen molar-refractivity contribution in [2.75, 3.05) is 19.3 Å². The Labute approximate surface area is 205 Å². The normalized spacial score (nSPS) is 15.8. The van der Waals surface area contributed by atoms with Gasteiger partial charge in [-0.2, -0.15) is 5.10 Å². The quantitative estimate of drug-likeness (QED) is 0.443. The fourth-order valence-corrected chi connectivity index (χ4v) is 4.78. The third-order valence-corrected chi connectivity index (χ3v) is 7.05. The first-order chi connectivity index (χ1) is 15.9. The van der Waals surface area contributed by atoms with Crippen molar-refractivity contribution < 1.29 is 8.42 Å². The van der Waals surface area contributed by atoms with Crippen molar-refractivity contribution in [3.05, 3.63) is 72.7 Å². The van der Waals surface area contributed by atoms with Gasteiger partial charge in [0.15, 0.2) is 9.84 Å². The molecule has 0 amide bonds. The molecule has 1 aliphatic heterocycles. The first-order valence-electron chi connectivity index (χ1n) is 10.9. The monoisotopic (exact) mass is 495 g/mol. The number of sulfone groups is 1. The van der Waals surface area contributed by atoms with Crippen LogP contribution < -0.4 is 5.32 Å². The van der Waals surface area contributed by atoms with Gasteiger partial charge in [0, 0.05) is 42.0 Å². The molecule has 1 aliphatic rings. The van der Waals surface area contributed by atoms with E-state index in [4.69, 9.17) is 10.1 Å².